The standard InChI is InChI=1S/C20H13F2N5O3/c21-13-8-14(22)10-15(9-13)23-17(28)11-27-18(29)7-6-16(25-27)20-24-19(26-30-20)12-4-2-1-3-5-12/h1-10H,11H2,(H,23,28). The number of carbonyl (C=O) groups excluding carboxylic acids is 1. The van der Waals surface area contributed by atoms with Crippen molar-refractivity contribution in [1.29, 1.82) is 0 Å². The smallest absolute Gasteiger partial charge is 0.278 e. The quantitative estimate of drug-likeness (QED) is 0.544. The Balaban J connectivity index is 1.54. The lowest BCUT2D eigenvalue weighted by atomic mass is 10.2. The molecular formula is C20H13F2N5O3. The second-order valence-corrected chi connectivity index (χ2v) is 6.21. The van der Waals surface area contributed by atoms with E-state index in [2.05, 4.69) is 20.6 Å². The average molecular weight is 409 g/mol. The van der Waals surface area contributed by atoms with Crippen LogP contribution in [0.3, 0.4) is 0 Å². The molecule has 2 heterocycles. The first-order valence-electron chi connectivity index (χ1n) is 8.71. The highest BCUT2D eigenvalue weighted by molar-refractivity contribution is 5.90. The van der Waals surface area contributed by atoms with Crippen LogP contribution in [0.25, 0.3) is 23.0 Å². The summed E-state index contributed by atoms with van der Waals surface area (Å²) >= 11 is 0. The van der Waals surface area contributed by atoms with Crippen LogP contribution < -0.4 is 10.9 Å². The van der Waals surface area contributed by atoms with Gasteiger partial charge in [-0.15, -0.1) is 0 Å². The van der Waals surface area contributed by atoms with Crippen LogP contribution in [0, 0.1) is 11.6 Å². The number of hydrogen-bond donors (Lipinski definition) is 1. The fourth-order valence-electron chi connectivity index (χ4n) is 2.67. The van der Waals surface area contributed by atoms with Crippen LogP contribution in [0.2, 0.25) is 0 Å². The zero-order chi connectivity index (χ0) is 21.1. The fraction of sp³-hybridized carbons (Fsp3) is 0.0500. The average Bonchev–Trinajstić information content (AvgIpc) is 3.20. The largest absolute Gasteiger partial charge is 0.332 e. The van der Waals surface area contributed by atoms with Crippen molar-refractivity contribution >= 4 is 11.6 Å². The number of carbonyl (C=O) groups is 1. The Bertz CT molecular complexity index is 1250. The molecule has 1 N–H and O–H groups in total. The Labute approximate surface area is 167 Å². The predicted molar refractivity (Wildman–Crippen MR) is 102 cm³/mol. The Kier molecular flexibility index (Phi) is 5.12. The number of nitrogens with zero attached hydrogens (tertiary/aromatic N) is 4. The lowest BCUT2D eigenvalue weighted by molar-refractivity contribution is -0.117. The van der Waals surface area contributed by atoms with E-state index in [1.165, 1.54) is 12.1 Å². The number of aromatic nitrogens is 4. The first-order chi connectivity index (χ1) is 14.5. The number of halogens is 2. The molecule has 150 valence electrons. The number of nitrogens with one attached hydrogen (secondary N) is 1. The van der Waals surface area contributed by atoms with Crippen molar-refractivity contribution in [2.45, 2.75) is 6.54 Å². The molecule has 0 saturated heterocycles. The van der Waals surface area contributed by atoms with Gasteiger partial charge in [0.15, 0.2) is 0 Å². The zero-order valence-corrected chi connectivity index (χ0v) is 15.3. The summed E-state index contributed by atoms with van der Waals surface area (Å²) in [5.41, 5.74) is 0.296. The third-order valence-corrected chi connectivity index (χ3v) is 3.98. The van der Waals surface area contributed by atoms with Crippen LogP contribution in [-0.2, 0) is 11.3 Å². The molecule has 0 spiro atoms. The molecule has 2 aromatic heterocycles. The predicted octanol–water partition coefficient (Wildman–Crippen LogP) is 2.88. The summed E-state index contributed by atoms with van der Waals surface area (Å²) in [4.78, 5) is 28.5. The summed E-state index contributed by atoms with van der Waals surface area (Å²) < 4.78 is 32.6. The highest BCUT2D eigenvalue weighted by atomic mass is 19.1. The summed E-state index contributed by atoms with van der Waals surface area (Å²) in [6.07, 6.45) is 0. The summed E-state index contributed by atoms with van der Waals surface area (Å²) in [5.74, 6) is -1.96. The first-order valence-corrected chi connectivity index (χ1v) is 8.71. The maximum atomic E-state index is 13.3. The molecule has 0 fully saturated rings. The molecule has 10 heteroatoms. The van der Waals surface area contributed by atoms with Gasteiger partial charge in [0.25, 0.3) is 11.4 Å². The lowest BCUT2D eigenvalue weighted by Crippen LogP contribution is -2.29. The Hall–Kier alpha value is -4.21. The Morgan fingerprint density at radius 3 is 2.50 bits per heavy atom. The molecule has 0 aliphatic carbocycles. The summed E-state index contributed by atoms with van der Waals surface area (Å²) in [5, 5.41) is 10.3. The lowest BCUT2D eigenvalue weighted by Gasteiger charge is -2.07. The number of rotatable bonds is 5. The van der Waals surface area contributed by atoms with Gasteiger partial charge in [0, 0.05) is 23.4 Å². The van der Waals surface area contributed by atoms with E-state index in [1.54, 1.807) is 0 Å². The van der Waals surface area contributed by atoms with Crippen LogP contribution in [0.15, 0.2) is 70.0 Å². The number of anilines is 1. The maximum absolute atomic E-state index is 13.3. The van der Waals surface area contributed by atoms with Crippen LogP contribution in [0.5, 0.6) is 0 Å². The van der Waals surface area contributed by atoms with E-state index in [1.807, 2.05) is 30.3 Å². The van der Waals surface area contributed by atoms with Crippen molar-refractivity contribution in [3.05, 3.63) is 82.7 Å². The van der Waals surface area contributed by atoms with Crippen molar-refractivity contribution in [3.8, 4) is 23.0 Å². The molecule has 8 nitrogen and oxygen atoms in total. The van der Waals surface area contributed by atoms with Gasteiger partial charge in [-0.1, -0.05) is 35.5 Å². The van der Waals surface area contributed by atoms with Crippen LogP contribution in [-0.4, -0.2) is 25.8 Å². The normalized spacial score (nSPS) is 10.7. The van der Waals surface area contributed by atoms with Crippen LogP contribution >= 0.6 is 0 Å². The summed E-state index contributed by atoms with van der Waals surface area (Å²) in [6, 6.07) is 14.3. The second kappa shape index (κ2) is 8.03. The molecule has 0 aliphatic rings. The Morgan fingerprint density at radius 2 is 1.77 bits per heavy atom. The van der Waals surface area contributed by atoms with E-state index in [-0.39, 0.29) is 17.3 Å². The molecule has 4 aromatic rings. The molecule has 0 radical (unpaired) electrons. The van der Waals surface area contributed by atoms with Gasteiger partial charge >= 0.3 is 0 Å². The molecular weight excluding hydrogens is 396 g/mol. The van der Waals surface area contributed by atoms with Gasteiger partial charge in [-0.3, -0.25) is 9.59 Å². The van der Waals surface area contributed by atoms with Crippen molar-refractivity contribution in [2.75, 3.05) is 5.32 Å². The van der Waals surface area contributed by atoms with Crippen molar-refractivity contribution in [2.24, 2.45) is 0 Å². The SMILES string of the molecule is O=C(Cn1nc(-c2nc(-c3ccccc3)no2)ccc1=O)Nc1cc(F)cc(F)c1. The minimum Gasteiger partial charge on any atom is -0.332 e. The fourth-order valence-corrected chi connectivity index (χ4v) is 2.67. The molecule has 1 amide bonds. The van der Waals surface area contributed by atoms with Gasteiger partial charge in [0.1, 0.15) is 23.9 Å². The molecule has 4 rings (SSSR count). The van der Waals surface area contributed by atoms with Gasteiger partial charge < -0.3 is 9.84 Å². The van der Waals surface area contributed by atoms with Gasteiger partial charge in [-0.25, -0.2) is 13.5 Å². The first kappa shape index (κ1) is 19.1. The van der Waals surface area contributed by atoms with Crippen molar-refractivity contribution in [1.82, 2.24) is 19.9 Å². The van der Waals surface area contributed by atoms with E-state index in [0.717, 1.165) is 22.4 Å². The van der Waals surface area contributed by atoms with Gasteiger partial charge in [0.05, 0.1) is 0 Å². The van der Waals surface area contributed by atoms with Gasteiger partial charge in [-0.05, 0) is 18.2 Å². The molecule has 0 unspecified atom stereocenters. The van der Waals surface area contributed by atoms with Gasteiger partial charge in [0.2, 0.25) is 11.7 Å². The second-order valence-electron chi connectivity index (χ2n) is 6.21. The van der Waals surface area contributed by atoms with E-state index in [0.29, 0.717) is 11.9 Å². The number of benzene rings is 2. The molecule has 0 atom stereocenters. The van der Waals surface area contributed by atoms with Crippen LogP contribution in [0.4, 0.5) is 14.5 Å². The molecule has 30 heavy (non-hydrogen) atoms. The number of amides is 1. The number of hydrogen-bond acceptors (Lipinski definition) is 6. The van der Waals surface area contributed by atoms with Gasteiger partial charge in [-0.2, -0.15) is 10.1 Å². The third-order valence-electron chi connectivity index (χ3n) is 3.98. The Morgan fingerprint density at radius 1 is 1.03 bits per heavy atom. The minimum absolute atomic E-state index is 0.0650. The summed E-state index contributed by atoms with van der Waals surface area (Å²) in [7, 11) is 0. The maximum Gasteiger partial charge on any atom is 0.278 e. The van der Waals surface area contributed by atoms with Crippen LogP contribution in [0.1, 0.15) is 0 Å². The van der Waals surface area contributed by atoms with Crippen molar-refractivity contribution < 1.29 is 18.1 Å². The molecule has 0 saturated carbocycles. The molecule has 2 aromatic carbocycles. The van der Waals surface area contributed by atoms with E-state index < -0.39 is 29.6 Å². The van der Waals surface area contributed by atoms with E-state index in [9.17, 15) is 18.4 Å². The zero-order valence-electron chi connectivity index (χ0n) is 15.3. The topological polar surface area (TPSA) is 103 Å². The highest BCUT2D eigenvalue weighted by Gasteiger charge is 2.14. The highest BCUT2D eigenvalue weighted by Crippen LogP contribution is 2.20. The molecule has 0 aliphatic heterocycles. The third kappa shape index (κ3) is 4.27. The minimum atomic E-state index is -0.840. The summed E-state index contributed by atoms with van der Waals surface area (Å²) in [6.45, 7) is -0.482. The monoisotopic (exact) mass is 409 g/mol. The van der Waals surface area contributed by atoms with E-state index >= 15 is 0 Å². The molecule has 0 bridgehead atoms. The van der Waals surface area contributed by atoms with Crippen molar-refractivity contribution in [3.63, 3.8) is 0 Å². The van der Waals surface area contributed by atoms with E-state index in [4.69, 9.17) is 4.52 Å².